The van der Waals surface area contributed by atoms with Crippen LogP contribution in [0.4, 0.5) is 17.1 Å². The van der Waals surface area contributed by atoms with Crippen LogP contribution in [0.3, 0.4) is 0 Å². The third-order valence-electron chi connectivity index (χ3n) is 13.6. The Hall–Kier alpha value is -7.17. The molecule has 0 aliphatic heterocycles. The van der Waals surface area contributed by atoms with E-state index in [0.717, 1.165) is 28.2 Å². The first kappa shape index (κ1) is 34.7. The highest BCUT2D eigenvalue weighted by Gasteiger charge is 2.31. The molecule has 13 rings (SSSR count). The van der Waals surface area contributed by atoms with E-state index in [0.29, 0.717) is 0 Å². The lowest BCUT2D eigenvalue weighted by atomic mass is 9.84. The number of pyridine rings is 1. The number of hydrogen-bond acceptors (Lipinski definition) is 2. The Morgan fingerprint density at radius 2 is 0.951 bits per heavy atom. The number of anilines is 3. The molecule has 0 saturated carbocycles. The topological polar surface area (TPSA) is 24.9 Å². The average molecular weight is 785 g/mol. The van der Waals surface area contributed by atoms with Gasteiger partial charge in [-0.3, -0.25) is 4.40 Å². The lowest BCUT2D eigenvalue weighted by molar-refractivity contribution is 0.591. The van der Waals surface area contributed by atoms with E-state index in [2.05, 4.69) is 213 Å². The lowest BCUT2D eigenvalue weighted by Crippen LogP contribution is -2.15. The highest BCUT2D eigenvalue weighted by molar-refractivity contribution is 6.40. The molecular weight excluding hydrogens is 741 g/mol. The molecule has 0 amide bonds. The van der Waals surface area contributed by atoms with Crippen LogP contribution in [-0.4, -0.2) is 13.8 Å². The van der Waals surface area contributed by atoms with E-state index >= 15 is 0 Å². The highest BCUT2D eigenvalue weighted by atomic mass is 15.2. The molecule has 0 spiro atoms. The molecule has 8 aromatic carbocycles. The Balaban J connectivity index is 1.28. The molecule has 0 aliphatic rings. The van der Waals surface area contributed by atoms with Crippen LogP contribution < -0.4 is 4.90 Å². The van der Waals surface area contributed by atoms with Crippen LogP contribution in [0.25, 0.3) is 97.9 Å². The van der Waals surface area contributed by atoms with Crippen molar-refractivity contribution >= 4 is 115 Å². The van der Waals surface area contributed by atoms with E-state index in [4.69, 9.17) is 4.98 Å². The number of rotatable bonds is 3. The normalized spacial score (nSPS) is 13.1. The minimum absolute atomic E-state index is 0.0819. The largest absolute Gasteiger partial charge is 0.308 e. The summed E-state index contributed by atoms with van der Waals surface area (Å²) in [6.45, 7) is 14.0. The molecular formula is C57H44N4. The van der Waals surface area contributed by atoms with Crippen molar-refractivity contribution in [2.24, 2.45) is 0 Å². The smallest absolute Gasteiger partial charge is 0.146 e. The predicted molar refractivity (Wildman–Crippen MR) is 261 cm³/mol. The molecule has 4 nitrogen and oxygen atoms in total. The second kappa shape index (κ2) is 11.8. The Morgan fingerprint density at radius 3 is 1.62 bits per heavy atom. The fraction of sp³-hybridized carbons (Fsp3) is 0.140. The molecule has 0 radical (unpaired) electrons. The van der Waals surface area contributed by atoms with Gasteiger partial charge in [-0.15, -0.1) is 0 Å². The van der Waals surface area contributed by atoms with Crippen LogP contribution in [0.15, 0.2) is 158 Å². The Kier molecular flexibility index (Phi) is 6.69. The van der Waals surface area contributed by atoms with Crippen molar-refractivity contribution in [1.29, 1.82) is 0 Å². The minimum Gasteiger partial charge on any atom is -0.308 e. The molecule has 0 atom stereocenters. The first-order valence-electron chi connectivity index (χ1n) is 21.6. The maximum absolute atomic E-state index is 5.57. The molecule has 0 N–H and O–H groups in total. The van der Waals surface area contributed by atoms with Gasteiger partial charge in [0, 0.05) is 54.5 Å². The van der Waals surface area contributed by atoms with Gasteiger partial charge in [0.05, 0.1) is 39.5 Å². The molecule has 0 saturated heterocycles. The first-order chi connectivity index (χ1) is 29.6. The number of benzene rings is 8. The molecule has 292 valence electrons. The SMILES string of the molecule is CC(C)(C)c1cc(N(c2ccccc2)c2ccccc2)c2c(c1)c1cc(C(C)(C)C)cc3c4c5c6cc7ccccc7c7c8c9ccccc9ccc8n(c5ncc4n2c13)c67. The molecule has 0 fully saturated rings. The number of hydrogen-bond donors (Lipinski definition) is 0. The van der Waals surface area contributed by atoms with Gasteiger partial charge in [-0.1, -0.05) is 133 Å². The zero-order valence-corrected chi connectivity index (χ0v) is 35.3. The summed E-state index contributed by atoms with van der Waals surface area (Å²) >= 11 is 0. The molecule has 0 bridgehead atoms. The number of fused-ring (bicyclic) bond motifs is 17. The fourth-order valence-electron chi connectivity index (χ4n) is 10.7. The van der Waals surface area contributed by atoms with E-state index in [1.807, 2.05) is 0 Å². The van der Waals surface area contributed by atoms with Crippen LogP contribution in [0.1, 0.15) is 52.7 Å². The number of nitrogens with zero attached hydrogens (tertiary/aromatic N) is 4. The summed E-state index contributed by atoms with van der Waals surface area (Å²) in [7, 11) is 0. The first-order valence-corrected chi connectivity index (χ1v) is 21.6. The van der Waals surface area contributed by atoms with E-state index in [1.54, 1.807) is 0 Å². The van der Waals surface area contributed by atoms with Crippen LogP contribution in [-0.2, 0) is 10.8 Å². The maximum Gasteiger partial charge on any atom is 0.146 e. The van der Waals surface area contributed by atoms with Crippen LogP contribution in [0, 0.1) is 0 Å². The van der Waals surface area contributed by atoms with Crippen molar-refractivity contribution in [1.82, 2.24) is 13.8 Å². The van der Waals surface area contributed by atoms with E-state index in [-0.39, 0.29) is 10.8 Å². The standard InChI is InChI=1S/C57H44N4/c1-56(2,3)35-28-41-42-29-36(57(4,5)6)31-46(59(37-19-9-7-10-20-37)38-21-11-8-12-22-38)53(42)60-47-32-58-55-51(49(47)44(30-35)52(41)60)43-27-34-18-14-16-24-40(34)50-48-39-23-15-13-17-33(39)25-26-45(48)61(55)54(43)50/h7-32H,1-6H3. The minimum atomic E-state index is -0.0890. The summed E-state index contributed by atoms with van der Waals surface area (Å²) in [6.07, 6.45) is 2.17. The molecule has 61 heavy (non-hydrogen) atoms. The third-order valence-corrected chi connectivity index (χ3v) is 13.6. The molecule has 0 unspecified atom stereocenters. The second-order valence-corrected chi connectivity index (χ2v) is 19.3. The van der Waals surface area contributed by atoms with E-state index < -0.39 is 0 Å². The van der Waals surface area contributed by atoms with Crippen LogP contribution in [0.2, 0.25) is 0 Å². The van der Waals surface area contributed by atoms with Gasteiger partial charge in [0.1, 0.15) is 5.65 Å². The van der Waals surface area contributed by atoms with Crippen molar-refractivity contribution in [3.63, 3.8) is 0 Å². The third kappa shape index (κ3) is 4.57. The van der Waals surface area contributed by atoms with Gasteiger partial charge in [0.2, 0.25) is 0 Å². The zero-order valence-electron chi connectivity index (χ0n) is 35.3. The van der Waals surface area contributed by atoms with Gasteiger partial charge < -0.3 is 9.30 Å². The lowest BCUT2D eigenvalue weighted by Gasteiger charge is -2.29. The van der Waals surface area contributed by atoms with Gasteiger partial charge in [0.25, 0.3) is 0 Å². The van der Waals surface area contributed by atoms with Crippen LogP contribution in [0.5, 0.6) is 0 Å². The molecule has 13 aromatic rings. The van der Waals surface area contributed by atoms with Crippen LogP contribution >= 0.6 is 0 Å². The average Bonchev–Trinajstić information content (AvgIpc) is 3.99. The molecule has 5 aromatic heterocycles. The molecule has 0 aliphatic carbocycles. The van der Waals surface area contributed by atoms with E-state index in [9.17, 15) is 0 Å². The monoisotopic (exact) mass is 784 g/mol. The Morgan fingerprint density at radius 1 is 0.410 bits per heavy atom. The Labute approximate surface area is 353 Å². The molecule has 4 heteroatoms. The summed E-state index contributed by atoms with van der Waals surface area (Å²) in [6, 6.07) is 56.4. The van der Waals surface area contributed by atoms with Crippen molar-refractivity contribution in [3.05, 3.63) is 169 Å². The van der Waals surface area contributed by atoms with Crippen molar-refractivity contribution < 1.29 is 0 Å². The maximum atomic E-state index is 5.57. The quantitative estimate of drug-likeness (QED) is 0.178. The van der Waals surface area contributed by atoms with Gasteiger partial charge in [-0.05, 0) is 104 Å². The fourth-order valence-corrected chi connectivity index (χ4v) is 10.7. The predicted octanol–water partition coefficient (Wildman–Crippen LogP) is 15.8. The van der Waals surface area contributed by atoms with Crippen molar-refractivity contribution in [2.45, 2.75) is 52.4 Å². The summed E-state index contributed by atoms with van der Waals surface area (Å²) in [5.74, 6) is 0. The van der Waals surface area contributed by atoms with Gasteiger partial charge in [-0.25, -0.2) is 4.98 Å². The number of para-hydroxylation sites is 2. The zero-order chi connectivity index (χ0) is 41.1. The Bertz CT molecular complexity index is 3890. The van der Waals surface area contributed by atoms with Gasteiger partial charge in [-0.2, -0.15) is 0 Å². The summed E-state index contributed by atoms with van der Waals surface area (Å²) in [4.78, 5) is 8.02. The second-order valence-electron chi connectivity index (χ2n) is 19.3. The van der Waals surface area contributed by atoms with Crippen molar-refractivity contribution in [2.75, 3.05) is 4.90 Å². The summed E-state index contributed by atoms with van der Waals surface area (Å²) in [5, 5.41) is 15.2. The van der Waals surface area contributed by atoms with Crippen molar-refractivity contribution in [3.8, 4) is 0 Å². The summed E-state index contributed by atoms with van der Waals surface area (Å²) < 4.78 is 5.03. The van der Waals surface area contributed by atoms with Gasteiger partial charge >= 0.3 is 0 Å². The van der Waals surface area contributed by atoms with Gasteiger partial charge in [0.15, 0.2) is 0 Å². The molecule has 5 heterocycles. The summed E-state index contributed by atoms with van der Waals surface area (Å²) in [5.41, 5.74) is 12.9. The highest BCUT2D eigenvalue weighted by Crippen LogP contribution is 2.52. The number of aromatic nitrogens is 3. The van der Waals surface area contributed by atoms with E-state index in [1.165, 1.54) is 97.8 Å².